The molecule has 7 nitrogen and oxygen atoms in total. The molecule has 0 bridgehead atoms. The van der Waals surface area contributed by atoms with Crippen molar-refractivity contribution < 1.29 is 22.9 Å². The average molecular weight is 406 g/mol. The molecule has 1 aliphatic heterocycles. The van der Waals surface area contributed by atoms with Crippen LogP contribution in [-0.4, -0.2) is 17.2 Å². The molecule has 0 spiro atoms. The zero-order valence-electron chi connectivity index (χ0n) is 15.7. The minimum Gasteiger partial charge on any atom is -0.478 e. The van der Waals surface area contributed by atoms with Gasteiger partial charge in [0.1, 0.15) is 22.9 Å². The molecule has 5 rings (SSSR count). The van der Waals surface area contributed by atoms with Gasteiger partial charge in [-0.3, -0.25) is 4.79 Å². The molecule has 2 atom stereocenters. The number of amides is 1. The minimum absolute atomic E-state index is 0.219. The second kappa shape index (κ2) is 6.84. The first-order chi connectivity index (χ1) is 14.5. The molecule has 0 fully saturated rings. The number of para-hydroxylation sites is 1. The van der Waals surface area contributed by atoms with Crippen LogP contribution in [0, 0.1) is 12.7 Å². The van der Waals surface area contributed by atoms with Crippen molar-refractivity contribution in [3.8, 4) is 5.75 Å². The third kappa shape index (κ3) is 2.93. The van der Waals surface area contributed by atoms with Crippen molar-refractivity contribution in [2.45, 2.75) is 18.9 Å². The van der Waals surface area contributed by atoms with E-state index in [0.717, 1.165) is 0 Å². The minimum atomic E-state index is -1.09. The number of nitrogens with one attached hydrogen (secondary N) is 1. The van der Waals surface area contributed by atoms with Crippen LogP contribution < -0.4 is 15.7 Å². The summed E-state index contributed by atoms with van der Waals surface area (Å²) in [5.74, 6) is -0.684. The van der Waals surface area contributed by atoms with Crippen LogP contribution in [0.4, 0.5) is 10.2 Å². The number of aromatic nitrogens is 1. The van der Waals surface area contributed by atoms with Gasteiger partial charge in [-0.25, -0.2) is 9.18 Å². The number of hydrogen-bond acceptors (Lipinski definition) is 6. The van der Waals surface area contributed by atoms with Crippen LogP contribution in [0.5, 0.6) is 5.75 Å². The summed E-state index contributed by atoms with van der Waals surface area (Å²) in [6.45, 7) is 1.70. The lowest BCUT2D eigenvalue weighted by Gasteiger charge is -2.18. The molecular formula is C22H15FN2O5. The summed E-state index contributed by atoms with van der Waals surface area (Å²) >= 11 is 0. The summed E-state index contributed by atoms with van der Waals surface area (Å²) in [5.41, 5.74) is 0.518. The monoisotopic (exact) mass is 406 g/mol. The lowest BCUT2D eigenvalue weighted by molar-refractivity contribution is -0.122. The van der Waals surface area contributed by atoms with Gasteiger partial charge in [0.05, 0.1) is 16.9 Å². The van der Waals surface area contributed by atoms with Gasteiger partial charge in [0, 0.05) is 6.07 Å². The average Bonchev–Trinajstić information content (AvgIpc) is 3.33. The van der Waals surface area contributed by atoms with Crippen LogP contribution in [0.1, 0.15) is 22.8 Å². The largest absolute Gasteiger partial charge is 0.478 e. The Labute approximate surface area is 169 Å². The van der Waals surface area contributed by atoms with E-state index in [1.165, 1.54) is 24.3 Å². The highest BCUT2D eigenvalue weighted by Crippen LogP contribution is 2.44. The Morgan fingerprint density at radius 1 is 1.13 bits per heavy atom. The Hall–Kier alpha value is -3.94. The molecule has 0 aliphatic carbocycles. The zero-order chi connectivity index (χ0) is 20.8. The highest BCUT2D eigenvalue weighted by Gasteiger charge is 2.44. The number of hydrogen-bond donors (Lipinski definition) is 1. The fraction of sp³-hybridized carbons (Fsp3) is 0.136. The van der Waals surface area contributed by atoms with E-state index in [-0.39, 0.29) is 17.1 Å². The van der Waals surface area contributed by atoms with E-state index in [1.54, 1.807) is 37.3 Å². The molecule has 0 radical (unpaired) electrons. The molecule has 1 aliphatic rings. The summed E-state index contributed by atoms with van der Waals surface area (Å²) in [4.78, 5) is 25.9. The summed E-state index contributed by atoms with van der Waals surface area (Å²) in [6, 6.07) is 14.1. The van der Waals surface area contributed by atoms with Crippen molar-refractivity contribution in [3.63, 3.8) is 0 Å². The molecule has 3 heterocycles. The van der Waals surface area contributed by atoms with Gasteiger partial charge in [-0.2, -0.15) is 0 Å². The van der Waals surface area contributed by atoms with E-state index < -0.39 is 29.4 Å². The van der Waals surface area contributed by atoms with Crippen molar-refractivity contribution in [2.24, 2.45) is 0 Å². The van der Waals surface area contributed by atoms with Crippen LogP contribution in [0.2, 0.25) is 0 Å². The molecule has 30 heavy (non-hydrogen) atoms. The number of rotatable bonds is 3. The van der Waals surface area contributed by atoms with Crippen LogP contribution in [0.15, 0.2) is 68.3 Å². The van der Waals surface area contributed by atoms with E-state index in [9.17, 15) is 14.0 Å². The number of nitrogens with zero attached hydrogens (tertiary/aromatic N) is 1. The SMILES string of the molecule is Cc1cc(NC(=O)C2Oc3c(c(=O)oc4ccccc34)C2c2ccc(F)cc2)no1. The van der Waals surface area contributed by atoms with Crippen LogP contribution in [0.25, 0.3) is 11.0 Å². The van der Waals surface area contributed by atoms with E-state index >= 15 is 0 Å². The lowest BCUT2D eigenvalue weighted by Crippen LogP contribution is -2.35. The Balaban J connectivity index is 1.64. The van der Waals surface area contributed by atoms with E-state index in [0.29, 0.717) is 22.3 Å². The van der Waals surface area contributed by atoms with Crippen molar-refractivity contribution in [3.05, 3.63) is 87.7 Å². The summed E-state index contributed by atoms with van der Waals surface area (Å²) in [7, 11) is 0. The fourth-order valence-corrected chi connectivity index (χ4v) is 3.72. The molecule has 8 heteroatoms. The van der Waals surface area contributed by atoms with Crippen LogP contribution in [-0.2, 0) is 4.79 Å². The van der Waals surface area contributed by atoms with Crippen LogP contribution in [0.3, 0.4) is 0 Å². The van der Waals surface area contributed by atoms with Gasteiger partial charge in [0.25, 0.3) is 5.91 Å². The first kappa shape index (κ1) is 18.1. The molecule has 2 aromatic heterocycles. The number of fused-ring (bicyclic) bond motifs is 3. The first-order valence-electron chi connectivity index (χ1n) is 9.23. The quantitative estimate of drug-likeness (QED) is 0.521. The number of ether oxygens (including phenoxy) is 1. The molecule has 150 valence electrons. The summed E-state index contributed by atoms with van der Waals surface area (Å²) < 4.78 is 29.9. The predicted octanol–water partition coefficient (Wildman–Crippen LogP) is 3.76. The molecule has 2 unspecified atom stereocenters. The standard InChI is InChI=1S/C22H15FN2O5/c1-11-10-16(25-30-11)24-21(26)20-17(12-6-8-13(23)9-7-12)18-19(29-20)14-4-2-3-5-15(14)28-22(18)27/h2-10,17,20H,1H3,(H,24,25,26). The van der Waals surface area contributed by atoms with Crippen molar-refractivity contribution in [1.82, 2.24) is 5.16 Å². The summed E-state index contributed by atoms with van der Waals surface area (Å²) in [6.07, 6.45) is -1.09. The lowest BCUT2D eigenvalue weighted by atomic mass is 9.88. The second-order valence-electron chi connectivity index (χ2n) is 7.01. The predicted molar refractivity (Wildman–Crippen MR) is 105 cm³/mol. The van der Waals surface area contributed by atoms with Gasteiger partial charge in [-0.1, -0.05) is 29.4 Å². The summed E-state index contributed by atoms with van der Waals surface area (Å²) in [5, 5.41) is 6.98. The molecule has 1 N–H and O–H groups in total. The van der Waals surface area contributed by atoms with Crippen molar-refractivity contribution in [2.75, 3.05) is 5.32 Å². The highest BCUT2D eigenvalue weighted by atomic mass is 19.1. The second-order valence-corrected chi connectivity index (χ2v) is 7.01. The van der Waals surface area contributed by atoms with E-state index in [1.807, 2.05) is 0 Å². The Morgan fingerprint density at radius 3 is 2.63 bits per heavy atom. The Kier molecular flexibility index (Phi) is 4.13. The van der Waals surface area contributed by atoms with Crippen molar-refractivity contribution in [1.29, 1.82) is 0 Å². The number of carbonyl (C=O) groups is 1. The maximum Gasteiger partial charge on any atom is 0.344 e. The number of benzene rings is 2. The van der Waals surface area contributed by atoms with Gasteiger partial charge in [0.15, 0.2) is 11.9 Å². The Bertz CT molecular complexity index is 1330. The van der Waals surface area contributed by atoms with Crippen molar-refractivity contribution >= 4 is 22.7 Å². The third-order valence-electron chi connectivity index (χ3n) is 5.02. The van der Waals surface area contributed by atoms with Gasteiger partial charge in [-0.15, -0.1) is 0 Å². The molecule has 0 saturated carbocycles. The molecule has 1 amide bonds. The maximum atomic E-state index is 13.5. The normalized spacial score (nSPS) is 17.5. The molecule has 0 saturated heterocycles. The maximum absolute atomic E-state index is 13.5. The zero-order valence-corrected chi connectivity index (χ0v) is 15.7. The van der Waals surface area contributed by atoms with Gasteiger partial charge in [-0.05, 0) is 36.8 Å². The number of anilines is 1. The van der Waals surface area contributed by atoms with Crippen LogP contribution >= 0.6 is 0 Å². The third-order valence-corrected chi connectivity index (χ3v) is 5.02. The smallest absolute Gasteiger partial charge is 0.344 e. The van der Waals surface area contributed by atoms with E-state index in [2.05, 4.69) is 10.5 Å². The highest BCUT2D eigenvalue weighted by molar-refractivity contribution is 5.97. The van der Waals surface area contributed by atoms with Gasteiger partial charge in [0.2, 0.25) is 0 Å². The number of aryl methyl sites for hydroxylation is 1. The Morgan fingerprint density at radius 2 is 1.90 bits per heavy atom. The topological polar surface area (TPSA) is 94.6 Å². The number of halogens is 1. The first-order valence-corrected chi connectivity index (χ1v) is 9.23. The molecule has 2 aromatic carbocycles. The number of carbonyl (C=O) groups excluding carboxylic acids is 1. The van der Waals surface area contributed by atoms with E-state index in [4.69, 9.17) is 13.7 Å². The molecular weight excluding hydrogens is 391 g/mol. The van der Waals surface area contributed by atoms with Gasteiger partial charge >= 0.3 is 5.63 Å². The molecule has 4 aromatic rings. The fourth-order valence-electron chi connectivity index (χ4n) is 3.72. The van der Waals surface area contributed by atoms with Gasteiger partial charge < -0.3 is 19.0 Å².